The fourth-order valence-electron chi connectivity index (χ4n) is 10.2. The van der Waals surface area contributed by atoms with Crippen molar-refractivity contribution in [3.8, 4) is 0 Å². The second-order valence-electron chi connectivity index (χ2n) is 18.6. The predicted molar refractivity (Wildman–Crippen MR) is 223 cm³/mol. The molecule has 0 spiro atoms. The Labute approximate surface area is 360 Å². The minimum absolute atomic E-state index is 0.0366. The number of fused-ring (bicyclic) bond motifs is 2. The summed E-state index contributed by atoms with van der Waals surface area (Å²) < 4.78 is 57.4. The average molecular weight is 854 g/mol. The number of likely N-dealkylation sites (N-methyl/N-ethyl adjacent to an activating group) is 1. The molecular formula is C47H67NO13. The lowest BCUT2D eigenvalue weighted by atomic mass is 9.76. The van der Waals surface area contributed by atoms with Gasteiger partial charge in [0.1, 0.15) is 24.9 Å². The zero-order chi connectivity index (χ0) is 44.4. The van der Waals surface area contributed by atoms with E-state index < -0.39 is 96.0 Å². The van der Waals surface area contributed by atoms with Crippen molar-refractivity contribution in [2.45, 2.75) is 174 Å². The van der Waals surface area contributed by atoms with E-state index in [1.165, 1.54) is 4.90 Å². The smallest absolute Gasteiger partial charge is 0.459 e. The molecule has 6 unspecified atom stereocenters. The molecule has 6 rings (SSSR count). The number of amides is 1. The first-order valence-electron chi connectivity index (χ1n) is 21.8. The number of benzene rings is 2. The molecule has 0 aliphatic carbocycles. The maximum Gasteiger partial charge on any atom is 0.509 e. The molecule has 4 aliphatic heterocycles. The first kappa shape index (κ1) is 46.7. The maximum absolute atomic E-state index is 14.2. The third-order valence-corrected chi connectivity index (χ3v) is 13.2. The van der Waals surface area contributed by atoms with Crippen molar-refractivity contribution in [1.29, 1.82) is 0 Å². The van der Waals surface area contributed by atoms with Crippen molar-refractivity contribution < 1.29 is 62.1 Å². The summed E-state index contributed by atoms with van der Waals surface area (Å²) in [6.07, 6.45) is -6.98. The minimum atomic E-state index is -1.27. The Morgan fingerprint density at radius 1 is 0.869 bits per heavy atom. The van der Waals surface area contributed by atoms with Gasteiger partial charge in [0.05, 0.1) is 48.1 Å². The summed E-state index contributed by atoms with van der Waals surface area (Å²) in [5, 5.41) is 12.1. The lowest BCUT2D eigenvalue weighted by Gasteiger charge is -2.47. The molecule has 338 valence electrons. The summed E-state index contributed by atoms with van der Waals surface area (Å²) in [7, 11) is 1.58. The van der Waals surface area contributed by atoms with E-state index in [1.54, 1.807) is 20.9 Å². The number of aliphatic hydroxyl groups excluding tert-OH is 1. The quantitative estimate of drug-likeness (QED) is 0.185. The molecule has 61 heavy (non-hydrogen) atoms. The zero-order valence-corrected chi connectivity index (χ0v) is 37.6. The first-order valence-corrected chi connectivity index (χ1v) is 21.8. The van der Waals surface area contributed by atoms with Gasteiger partial charge in [-0.25, -0.2) is 9.59 Å². The highest BCUT2D eigenvalue weighted by Gasteiger charge is 2.62. The van der Waals surface area contributed by atoms with Crippen LogP contribution in [0.3, 0.4) is 0 Å². The molecule has 2 bridgehead atoms. The molecule has 4 heterocycles. The number of cyclic esters (lactones) is 1. The number of rotatable bonds is 10. The minimum Gasteiger partial charge on any atom is -0.459 e. The Morgan fingerprint density at radius 3 is 2.08 bits per heavy atom. The van der Waals surface area contributed by atoms with Gasteiger partial charge in [-0.2, -0.15) is 0 Å². The molecular weight excluding hydrogens is 787 g/mol. The number of ether oxygens (including phenoxy) is 9. The van der Waals surface area contributed by atoms with Gasteiger partial charge in [-0.1, -0.05) is 88.4 Å². The number of aliphatic hydroxyl groups is 1. The van der Waals surface area contributed by atoms with Crippen LogP contribution in [0, 0.1) is 23.7 Å². The van der Waals surface area contributed by atoms with Gasteiger partial charge in [0.15, 0.2) is 18.2 Å². The highest BCUT2D eigenvalue weighted by molar-refractivity contribution is 5.73. The van der Waals surface area contributed by atoms with Crippen molar-refractivity contribution in [2.24, 2.45) is 23.7 Å². The average Bonchev–Trinajstić information content (AvgIpc) is 3.69. The Kier molecular flexibility index (Phi) is 14.5. The number of carbonyl (C=O) groups excluding carboxylic acids is 3. The standard InChI is InChI=1S/C47H67NO13/c1-12-35-47(10,61-45(7,8)59-35)40-31(6)37-27(2)24-46(9,60-37)39(29(4)36(49)30(5)41(50)57-40)58-42-38(56-44(52)54-26-33-21-17-14-18-22-33)34(23-28(3)55-42)48(11)43(51)53-25-32-19-15-13-16-20-32/h13-22,27-31,34-40,42,49H,12,23-26H2,1-11H3/t27?,28?,29-,30+,31-,34?,35+,36-,37?,38?,39+,40+,42-,46?,47+/m0/s1. The summed E-state index contributed by atoms with van der Waals surface area (Å²) in [5.41, 5.74) is -0.504. The molecule has 4 fully saturated rings. The van der Waals surface area contributed by atoms with Crippen molar-refractivity contribution in [3.63, 3.8) is 0 Å². The van der Waals surface area contributed by atoms with Crippen LogP contribution in [-0.4, -0.2) is 107 Å². The molecule has 0 aromatic heterocycles. The van der Waals surface area contributed by atoms with Gasteiger partial charge in [0, 0.05) is 18.9 Å². The number of hydrogen-bond acceptors (Lipinski definition) is 13. The van der Waals surface area contributed by atoms with Crippen molar-refractivity contribution in [1.82, 2.24) is 4.90 Å². The van der Waals surface area contributed by atoms with Crippen LogP contribution in [0.4, 0.5) is 9.59 Å². The molecule has 15 atom stereocenters. The Morgan fingerprint density at radius 2 is 1.48 bits per heavy atom. The lowest BCUT2D eigenvalue weighted by Crippen LogP contribution is -2.61. The van der Waals surface area contributed by atoms with Crippen LogP contribution in [-0.2, 0) is 60.6 Å². The summed E-state index contributed by atoms with van der Waals surface area (Å²) in [6, 6.07) is 17.7. The highest BCUT2D eigenvalue weighted by Crippen LogP contribution is 2.50. The van der Waals surface area contributed by atoms with E-state index in [4.69, 9.17) is 42.6 Å². The van der Waals surface area contributed by atoms with Gasteiger partial charge in [0.2, 0.25) is 0 Å². The van der Waals surface area contributed by atoms with Crippen molar-refractivity contribution in [2.75, 3.05) is 7.05 Å². The topological polar surface area (TPSA) is 158 Å². The van der Waals surface area contributed by atoms with Crippen LogP contribution in [0.2, 0.25) is 0 Å². The van der Waals surface area contributed by atoms with Crippen molar-refractivity contribution in [3.05, 3.63) is 71.8 Å². The largest absolute Gasteiger partial charge is 0.509 e. The Balaban J connectivity index is 1.32. The van der Waals surface area contributed by atoms with Crippen LogP contribution in [0.1, 0.15) is 99.6 Å². The van der Waals surface area contributed by atoms with E-state index >= 15 is 0 Å². The van der Waals surface area contributed by atoms with Crippen molar-refractivity contribution >= 4 is 18.2 Å². The number of esters is 1. The summed E-state index contributed by atoms with van der Waals surface area (Å²) in [4.78, 5) is 42.8. The lowest BCUT2D eigenvalue weighted by molar-refractivity contribution is -0.301. The monoisotopic (exact) mass is 853 g/mol. The molecule has 0 saturated carbocycles. The highest BCUT2D eigenvalue weighted by atomic mass is 16.8. The third kappa shape index (κ3) is 10.2. The molecule has 1 N–H and O–H groups in total. The van der Waals surface area contributed by atoms with E-state index in [0.29, 0.717) is 12.8 Å². The van der Waals surface area contributed by atoms with Gasteiger partial charge in [-0.3, -0.25) is 4.79 Å². The van der Waals surface area contributed by atoms with E-state index in [2.05, 4.69) is 6.92 Å². The molecule has 0 radical (unpaired) electrons. The van der Waals surface area contributed by atoms with Crippen LogP contribution in [0.15, 0.2) is 60.7 Å². The van der Waals surface area contributed by atoms with Crippen LogP contribution >= 0.6 is 0 Å². The molecule has 4 aliphatic rings. The second kappa shape index (κ2) is 18.9. The van der Waals surface area contributed by atoms with Gasteiger partial charge < -0.3 is 52.6 Å². The molecule has 14 heteroatoms. The van der Waals surface area contributed by atoms with E-state index in [0.717, 1.165) is 11.1 Å². The Hall–Kier alpha value is -3.79. The molecule has 1 amide bonds. The summed E-state index contributed by atoms with van der Waals surface area (Å²) >= 11 is 0. The molecule has 14 nitrogen and oxygen atoms in total. The SMILES string of the molecule is CC[C@H]1OC(C)(C)O[C@@]1(C)[C@@H]1OC(=O)[C@H](C)[C@@H](O)[C@H](C)[C@@H](O[C@@H]2OC(C)CC(N(C)C(=O)OCc3ccccc3)C2OC(=O)OCc2ccccc2)C2(C)CC(C)C(O2)[C@@H]1C. The van der Waals surface area contributed by atoms with E-state index in [9.17, 15) is 19.5 Å². The van der Waals surface area contributed by atoms with Gasteiger partial charge in [-0.05, 0) is 77.8 Å². The number of carbonyl (C=O) groups is 3. The zero-order valence-electron chi connectivity index (χ0n) is 37.6. The second-order valence-corrected chi connectivity index (χ2v) is 18.6. The normalized spacial score (nSPS) is 38.8. The van der Waals surface area contributed by atoms with Gasteiger partial charge >= 0.3 is 18.2 Å². The van der Waals surface area contributed by atoms with Crippen LogP contribution in [0.25, 0.3) is 0 Å². The summed E-state index contributed by atoms with van der Waals surface area (Å²) in [6.45, 7) is 19.0. The number of hydrogen-bond donors (Lipinski definition) is 1. The molecule has 2 aromatic carbocycles. The molecule has 4 saturated heterocycles. The summed E-state index contributed by atoms with van der Waals surface area (Å²) in [5.74, 6) is -3.67. The Bertz CT molecular complexity index is 1800. The first-order chi connectivity index (χ1) is 28.8. The third-order valence-electron chi connectivity index (χ3n) is 13.2. The van der Waals surface area contributed by atoms with Gasteiger partial charge in [0.25, 0.3) is 0 Å². The fourth-order valence-corrected chi connectivity index (χ4v) is 10.2. The van der Waals surface area contributed by atoms with E-state index in [1.807, 2.05) is 109 Å². The number of nitrogens with zero attached hydrogens (tertiary/aromatic N) is 1. The maximum atomic E-state index is 14.2. The van der Waals surface area contributed by atoms with E-state index in [-0.39, 0.29) is 37.6 Å². The predicted octanol–water partition coefficient (Wildman–Crippen LogP) is 7.56. The van der Waals surface area contributed by atoms with Crippen LogP contribution < -0.4 is 0 Å². The van der Waals surface area contributed by atoms with Gasteiger partial charge in [-0.15, -0.1) is 0 Å². The van der Waals surface area contributed by atoms with Crippen LogP contribution in [0.5, 0.6) is 0 Å². The fraction of sp³-hybridized carbons (Fsp3) is 0.681. The molecule has 2 aromatic rings.